The molecular formula is C14H10Cl2N4O2. The van der Waals surface area contributed by atoms with Crippen molar-refractivity contribution in [2.45, 2.75) is 6.54 Å². The summed E-state index contributed by atoms with van der Waals surface area (Å²) in [6, 6.07) is 4.59. The highest BCUT2D eigenvalue weighted by Gasteiger charge is 2.13. The molecule has 0 aliphatic rings. The Labute approximate surface area is 134 Å². The van der Waals surface area contributed by atoms with Gasteiger partial charge in [-0.1, -0.05) is 23.2 Å². The Kier molecular flexibility index (Phi) is 3.72. The zero-order valence-corrected chi connectivity index (χ0v) is 13.0. The SMILES string of the molecule is Cn1ncc2c(=O)n(CC(=O)c3ccc(Cl)c(Cl)c3)cnc21. The van der Waals surface area contributed by atoms with Gasteiger partial charge in [-0.3, -0.25) is 18.8 Å². The molecule has 0 fully saturated rings. The van der Waals surface area contributed by atoms with Crippen molar-refractivity contribution in [3.8, 4) is 0 Å². The van der Waals surface area contributed by atoms with Crippen molar-refractivity contribution in [2.75, 3.05) is 0 Å². The van der Waals surface area contributed by atoms with Gasteiger partial charge in [0.1, 0.15) is 11.7 Å². The summed E-state index contributed by atoms with van der Waals surface area (Å²) in [5.41, 5.74) is 0.544. The van der Waals surface area contributed by atoms with Crippen LogP contribution in [0.4, 0.5) is 0 Å². The smallest absolute Gasteiger partial charge is 0.264 e. The van der Waals surface area contributed by atoms with Crippen molar-refractivity contribution in [3.63, 3.8) is 0 Å². The lowest BCUT2D eigenvalue weighted by Crippen LogP contribution is -2.24. The van der Waals surface area contributed by atoms with Crippen molar-refractivity contribution < 1.29 is 4.79 Å². The molecule has 112 valence electrons. The normalized spacial score (nSPS) is 11.0. The molecule has 3 aromatic rings. The van der Waals surface area contributed by atoms with Crippen molar-refractivity contribution in [1.82, 2.24) is 19.3 Å². The summed E-state index contributed by atoms with van der Waals surface area (Å²) in [6.45, 7) is -0.130. The van der Waals surface area contributed by atoms with Gasteiger partial charge >= 0.3 is 0 Å². The van der Waals surface area contributed by atoms with Gasteiger partial charge in [0.2, 0.25) is 0 Å². The van der Waals surface area contributed by atoms with Gasteiger partial charge in [-0.25, -0.2) is 4.98 Å². The monoisotopic (exact) mass is 336 g/mol. The highest BCUT2D eigenvalue weighted by atomic mass is 35.5. The molecule has 3 rings (SSSR count). The van der Waals surface area contributed by atoms with Crippen LogP contribution in [0, 0.1) is 0 Å². The Morgan fingerprint density at radius 1 is 1.27 bits per heavy atom. The average Bonchev–Trinajstić information content (AvgIpc) is 2.87. The molecule has 0 saturated carbocycles. The summed E-state index contributed by atoms with van der Waals surface area (Å²) in [7, 11) is 1.69. The van der Waals surface area contributed by atoms with E-state index in [0.717, 1.165) is 0 Å². The number of rotatable bonds is 3. The van der Waals surface area contributed by atoms with E-state index < -0.39 is 0 Å². The van der Waals surface area contributed by atoms with Gasteiger partial charge in [0.15, 0.2) is 11.4 Å². The Morgan fingerprint density at radius 3 is 2.77 bits per heavy atom. The second kappa shape index (κ2) is 5.55. The minimum Gasteiger partial charge on any atom is -0.292 e. The number of Topliss-reactive ketones (excluding diaryl/α,β-unsaturated/α-hetero) is 1. The van der Waals surface area contributed by atoms with E-state index in [1.807, 2.05) is 0 Å². The van der Waals surface area contributed by atoms with Crippen LogP contribution >= 0.6 is 23.2 Å². The van der Waals surface area contributed by atoms with Gasteiger partial charge < -0.3 is 0 Å². The summed E-state index contributed by atoms with van der Waals surface area (Å²) in [5, 5.41) is 5.01. The number of carbonyl (C=O) groups excluding carboxylic acids is 1. The van der Waals surface area contributed by atoms with Crippen molar-refractivity contribution >= 4 is 40.0 Å². The lowest BCUT2D eigenvalue weighted by Gasteiger charge is -2.06. The summed E-state index contributed by atoms with van der Waals surface area (Å²) >= 11 is 11.7. The fourth-order valence-electron chi connectivity index (χ4n) is 2.09. The predicted octanol–water partition coefficient (Wildman–Crippen LogP) is 2.32. The van der Waals surface area contributed by atoms with Gasteiger partial charge in [-0.2, -0.15) is 5.10 Å². The van der Waals surface area contributed by atoms with E-state index in [2.05, 4.69) is 10.1 Å². The number of benzene rings is 1. The van der Waals surface area contributed by atoms with Crippen LogP contribution in [0.1, 0.15) is 10.4 Å². The molecule has 22 heavy (non-hydrogen) atoms. The fraction of sp³-hybridized carbons (Fsp3) is 0.143. The van der Waals surface area contributed by atoms with Crippen molar-refractivity contribution in [2.24, 2.45) is 7.05 Å². The number of hydrogen-bond acceptors (Lipinski definition) is 4. The fourth-order valence-corrected chi connectivity index (χ4v) is 2.39. The molecule has 0 unspecified atom stereocenters. The molecule has 0 radical (unpaired) electrons. The minimum absolute atomic E-state index is 0.130. The number of nitrogens with zero attached hydrogens (tertiary/aromatic N) is 4. The first-order chi connectivity index (χ1) is 10.5. The Hall–Kier alpha value is -2.18. The second-order valence-electron chi connectivity index (χ2n) is 4.74. The zero-order valence-electron chi connectivity index (χ0n) is 11.5. The highest BCUT2D eigenvalue weighted by molar-refractivity contribution is 6.42. The van der Waals surface area contributed by atoms with Gasteiger partial charge in [-0.15, -0.1) is 0 Å². The Bertz CT molecular complexity index is 946. The van der Waals surface area contributed by atoms with E-state index in [1.54, 1.807) is 19.2 Å². The lowest BCUT2D eigenvalue weighted by molar-refractivity contribution is 0.0970. The Balaban J connectivity index is 1.95. The maximum Gasteiger partial charge on any atom is 0.264 e. The van der Waals surface area contributed by atoms with E-state index in [4.69, 9.17) is 23.2 Å². The average molecular weight is 337 g/mol. The van der Waals surface area contributed by atoms with Crippen molar-refractivity contribution in [3.05, 3.63) is 56.7 Å². The quantitative estimate of drug-likeness (QED) is 0.688. The molecule has 2 aromatic heterocycles. The number of carbonyl (C=O) groups is 1. The highest BCUT2D eigenvalue weighted by Crippen LogP contribution is 2.22. The molecular weight excluding hydrogens is 327 g/mol. The molecule has 8 heteroatoms. The molecule has 0 saturated heterocycles. The number of hydrogen-bond donors (Lipinski definition) is 0. The van der Waals surface area contributed by atoms with Crippen LogP contribution in [0.2, 0.25) is 10.0 Å². The van der Waals surface area contributed by atoms with Crippen LogP contribution < -0.4 is 5.56 Å². The first-order valence-electron chi connectivity index (χ1n) is 6.33. The summed E-state index contributed by atoms with van der Waals surface area (Å²) in [6.07, 6.45) is 2.77. The molecule has 0 atom stereocenters. The lowest BCUT2D eigenvalue weighted by atomic mass is 10.1. The molecule has 0 amide bonds. The number of ketones is 1. The van der Waals surface area contributed by atoms with Crippen LogP contribution in [0.5, 0.6) is 0 Å². The third kappa shape index (κ3) is 2.51. The predicted molar refractivity (Wildman–Crippen MR) is 83.6 cm³/mol. The topological polar surface area (TPSA) is 69.8 Å². The minimum atomic E-state index is -0.313. The maximum atomic E-state index is 12.3. The maximum absolute atomic E-state index is 12.3. The van der Waals surface area contributed by atoms with E-state index in [0.29, 0.717) is 26.6 Å². The van der Waals surface area contributed by atoms with E-state index in [1.165, 1.54) is 27.8 Å². The van der Waals surface area contributed by atoms with Crippen LogP contribution in [0.15, 0.2) is 35.5 Å². The zero-order chi connectivity index (χ0) is 15.9. The molecule has 1 aromatic carbocycles. The summed E-state index contributed by atoms with van der Waals surface area (Å²) < 4.78 is 2.75. The van der Waals surface area contributed by atoms with Crippen molar-refractivity contribution in [1.29, 1.82) is 0 Å². The van der Waals surface area contributed by atoms with Gasteiger partial charge in [0.25, 0.3) is 5.56 Å². The standard InChI is InChI=1S/C14H10Cl2N4O2/c1-19-13-9(5-18-19)14(22)20(7-17-13)6-12(21)8-2-3-10(15)11(16)4-8/h2-5,7H,6H2,1H3. The third-order valence-electron chi connectivity index (χ3n) is 3.27. The second-order valence-corrected chi connectivity index (χ2v) is 5.55. The molecule has 0 spiro atoms. The molecule has 0 aliphatic heterocycles. The number of halogens is 2. The number of aryl methyl sites for hydroxylation is 1. The van der Waals surface area contributed by atoms with Gasteiger partial charge in [0.05, 0.1) is 22.8 Å². The van der Waals surface area contributed by atoms with Gasteiger partial charge in [0, 0.05) is 12.6 Å². The first-order valence-corrected chi connectivity index (χ1v) is 7.08. The van der Waals surface area contributed by atoms with E-state index in [9.17, 15) is 9.59 Å². The van der Waals surface area contributed by atoms with Gasteiger partial charge in [-0.05, 0) is 18.2 Å². The summed E-state index contributed by atoms with van der Waals surface area (Å²) in [4.78, 5) is 28.7. The van der Waals surface area contributed by atoms with Crippen LogP contribution in [0.3, 0.4) is 0 Å². The van der Waals surface area contributed by atoms with E-state index in [-0.39, 0.29) is 17.9 Å². The summed E-state index contributed by atoms with van der Waals surface area (Å²) in [5.74, 6) is -0.259. The largest absolute Gasteiger partial charge is 0.292 e. The Morgan fingerprint density at radius 2 is 2.05 bits per heavy atom. The number of fused-ring (bicyclic) bond motifs is 1. The molecule has 6 nitrogen and oxygen atoms in total. The molecule has 0 bridgehead atoms. The number of aromatic nitrogens is 4. The first kappa shape index (κ1) is 14.7. The van der Waals surface area contributed by atoms with Crippen LogP contribution in [-0.4, -0.2) is 25.1 Å². The molecule has 0 N–H and O–H groups in total. The van der Waals surface area contributed by atoms with Crippen LogP contribution in [0.25, 0.3) is 11.0 Å². The van der Waals surface area contributed by atoms with Crippen LogP contribution in [-0.2, 0) is 13.6 Å². The molecule has 2 heterocycles. The molecule has 0 aliphatic carbocycles. The third-order valence-corrected chi connectivity index (χ3v) is 4.01. The van der Waals surface area contributed by atoms with E-state index >= 15 is 0 Å².